The molecule has 2 aromatic carbocycles. The maximum atomic E-state index is 13.9. The van der Waals surface area contributed by atoms with Crippen molar-refractivity contribution in [1.82, 2.24) is 10.3 Å². The largest absolute Gasteiger partial charge is 0.493 e. The minimum absolute atomic E-state index is 0.214. The SMILES string of the molecule is CC(=O)c1c(C(O)N[C@H]2CCOc3ccc(F)cc32)sc2c(-c3cc(Cl)cc(Cl)c3)ccnc12. The Morgan fingerprint density at radius 3 is 2.74 bits per heavy atom. The summed E-state index contributed by atoms with van der Waals surface area (Å²) in [7, 11) is 0. The lowest BCUT2D eigenvalue weighted by molar-refractivity contribution is 0.0982. The number of thiophene rings is 1. The second-order valence-electron chi connectivity index (χ2n) is 8.03. The van der Waals surface area contributed by atoms with Gasteiger partial charge in [-0.15, -0.1) is 11.3 Å². The van der Waals surface area contributed by atoms with E-state index in [-0.39, 0.29) is 17.6 Å². The molecule has 0 saturated heterocycles. The predicted molar refractivity (Wildman–Crippen MR) is 132 cm³/mol. The lowest BCUT2D eigenvalue weighted by Gasteiger charge is -2.28. The molecule has 2 aromatic heterocycles. The number of Topliss-reactive ketones (excluding diaryl/α,β-unsaturated/α-hetero) is 1. The molecule has 0 amide bonds. The van der Waals surface area contributed by atoms with E-state index in [4.69, 9.17) is 27.9 Å². The highest BCUT2D eigenvalue weighted by Crippen LogP contribution is 2.42. The molecule has 1 aliphatic heterocycles. The highest BCUT2D eigenvalue weighted by Gasteiger charge is 2.29. The Hall–Kier alpha value is -2.55. The molecule has 5 nitrogen and oxygen atoms in total. The number of pyridine rings is 1. The van der Waals surface area contributed by atoms with Crippen molar-refractivity contribution in [2.45, 2.75) is 25.6 Å². The minimum atomic E-state index is -1.17. The standard InChI is InChI=1S/C25H19Cl2FN2O3S/c1-12(31)21-22-23(17(4-6-29-22)13-8-14(26)10-15(27)9-13)34-24(21)25(32)30-19-5-7-33-20-3-2-16(28)11-18(19)20/h2-4,6,8-11,19,25,30,32H,5,7H2,1H3/t19-,25?/m0/s1. The number of fused-ring (bicyclic) bond motifs is 2. The van der Waals surface area contributed by atoms with Crippen LogP contribution in [0.25, 0.3) is 21.3 Å². The Labute approximate surface area is 209 Å². The van der Waals surface area contributed by atoms with Crippen LogP contribution < -0.4 is 10.1 Å². The molecule has 2 N–H and O–H groups in total. The summed E-state index contributed by atoms with van der Waals surface area (Å²) >= 11 is 13.7. The number of ketones is 1. The van der Waals surface area contributed by atoms with Crippen LogP contribution in [0.2, 0.25) is 10.0 Å². The zero-order chi connectivity index (χ0) is 24.0. The number of ether oxygens (including phenoxy) is 1. The number of nitrogens with one attached hydrogen (secondary N) is 1. The fourth-order valence-corrected chi connectivity index (χ4v) is 6.10. The quantitative estimate of drug-likeness (QED) is 0.227. The number of aliphatic hydroxyl groups is 1. The molecule has 0 saturated carbocycles. The van der Waals surface area contributed by atoms with Crippen LogP contribution in [0, 0.1) is 5.82 Å². The van der Waals surface area contributed by atoms with Gasteiger partial charge in [0.1, 0.15) is 17.8 Å². The molecular weight excluding hydrogens is 498 g/mol. The average molecular weight is 517 g/mol. The van der Waals surface area contributed by atoms with Gasteiger partial charge in [0, 0.05) is 39.8 Å². The Balaban J connectivity index is 1.58. The molecule has 9 heteroatoms. The van der Waals surface area contributed by atoms with Crippen molar-refractivity contribution < 1.29 is 19.0 Å². The summed E-state index contributed by atoms with van der Waals surface area (Å²) in [5.74, 6) is -0.0255. The van der Waals surface area contributed by atoms with Crippen LogP contribution in [-0.2, 0) is 0 Å². The number of aromatic nitrogens is 1. The highest BCUT2D eigenvalue weighted by molar-refractivity contribution is 7.20. The Kier molecular flexibility index (Phi) is 6.31. The molecule has 3 heterocycles. The summed E-state index contributed by atoms with van der Waals surface area (Å²) in [6.07, 6.45) is 0.985. The van der Waals surface area contributed by atoms with Gasteiger partial charge < -0.3 is 9.84 Å². The monoisotopic (exact) mass is 516 g/mol. The van der Waals surface area contributed by atoms with Gasteiger partial charge in [0.25, 0.3) is 0 Å². The molecule has 4 aromatic rings. The maximum Gasteiger partial charge on any atom is 0.163 e. The number of hydrogen-bond donors (Lipinski definition) is 2. The van der Waals surface area contributed by atoms with Gasteiger partial charge >= 0.3 is 0 Å². The Morgan fingerprint density at radius 2 is 2.00 bits per heavy atom. The number of benzene rings is 2. The topological polar surface area (TPSA) is 71.5 Å². The van der Waals surface area contributed by atoms with Crippen molar-refractivity contribution in [2.75, 3.05) is 6.61 Å². The van der Waals surface area contributed by atoms with E-state index in [1.54, 1.807) is 30.5 Å². The van der Waals surface area contributed by atoms with Crippen LogP contribution in [0.4, 0.5) is 4.39 Å². The molecule has 2 atom stereocenters. The van der Waals surface area contributed by atoms with Crippen LogP contribution in [0.3, 0.4) is 0 Å². The number of carbonyl (C=O) groups excluding carboxylic acids is 1. The van der Waals surface area contributed by atoms with Crippen LogP contribution >= 0.6 is 34.5 Å². The summed E-state index contributed by atoms with van der Waals surface area (Å²) in [6.45, 7) is 1.87. The van der Waals surface area contributed by atoms with E-state index < -0.39 is 6.23 Å². The van der Waals surface area contributed by atoms with Crippen molar-refractivity contribution in [3.05, 3.63) is 80.5 Å². The average Bonchev–Trinajstić information content (AvgIpc) is 3.19. The van der Waals surface area contributed by atoms with Gasteiger partial charge in [-0.25, -0.2) is 4.39 Å². The van der Waals surface area contributed by atoms with Gasteiger partial charge in [-0.05, 0) is 55.0 Å². The molecule has 0 aliphatic carbocycles. The summed E-state index contributed by atoms with van der Waals surface area (Å²) in [4.78, 5) is 17.5. The van der Waals surface area contributed by atoms with Crippen LogP contribution in [0.15, 0.2) is 48.7 Å². The number of carbonyl (C=O) groups is 1. The zero-order valence-electron chi connectivity index (χ0n) is 17.9. The fraction of sp³-hybridized carbons (Fsp3) is 0.200. The van der Waals surface area contributed by atoms with E-state index >= 15 is 0 Å². The Bertz CT molecular complexity index is 1400. The van der Waals surface area contributed by atoms with Gasteiger partial charge in [0.2, 0.25) is 0 Å². The summed E-state index contributed by atoms with van der Waals surface area (Å²) in [6, 6.07) is 11.0. The number of nitrogens with zero attached hydrogens (tertiary/aromatic N) is 1. The molecule has 5 rings (SSSR count). The number of rotatable bonds is 5. The smallest absolute Gasteiger partial charge is 0.163 e. The number of hydrogen-bond acceptors (Lipinski definition) is 6. The molecular formula is C25H19Cl2FN2O3S. The normalized spacial score (nSPS) is 16.2. The van der Waals surface area contributed by atoms with Crippen molar-refractivity contribution >= 4 is 50.5 Å². The van der Waals surface area contributed by atoms with Gasteiger partial charge in [0.15, 0.2) is 5.78 Å². The summed E-state index contributed by atoms with van der Waals surface area (Å²) < 4.78 is 20.2. The molecule has 1 aliphatic rings. The van der Waals surface area contributed by atoms with Crippen LogP contribution in [0.5, 0.6) is 5.75 Å². The first-order valence-corrected chi connectivity index (χ1v) is 12.1. The predicted octanol–water partition coefficient (Wildman–Crippen LogP) is 6.72. The lowest BCUT2D eigenvalue weighted by atomic mass is 9.99. The molecule has 0 radical (unpaired) electrons. The van der Waals surface area contributed by atoms with E-state index in [9.17, 15) is 14.3 Å². The van der Waals surface area contributed by atoms with E-state index in [2.05, 4.69) is 10.3 Å². The van der Waals surface area contributed by atoms with E-state index in [1.165, 1.54) is 30.4 Å². The van der Waals surface area contributed by atoms with Crippen LogP contribution in [-0.4, -0.2) is 22.5 Å². The summed E-state index contributed by atoms with van der Waals surface area (Å²) in [5, 5.41) is 15.3. The summed E-state index contributed by atoms with van der Waals surface area (Å²) in [5.41, 5.74) is 3.06. The van der Waals surface area contributed by atoms with Gasteiger partial charge in [-0.3, -0.25) is 15.1 Å². The van der Waals surface area contributed by atoms with Gasteiger partial charge in [-0.2, -0.15) is 0 Å². The van der Waals surface area contributed by atoms with Crippen molar-refractivity contribution in [1.29, 1.82) is 0 Å². The van der Waals surface area contributed by atoms with Crippen molar-refractivity contribution in [3.63, 3.8) is 0 Å². The molecule has 174 valence electrons. The van der Waals surface area contributed by atoms with E-state index in [0.29, 0.717) is 50.3 Å². The highest BCUT2D eigenvalue weighted by atomic mass is 35.5. The third-order valence-electron chi connectivity index (χ3n) is 5.74. The first-order valence-electron chi connectivity index (χ1n) is 10.6. The van der Waals surface area contributed by atoms with Crippen LogP contribution in [0.1, 0.15) is 46.4 Å². The first-order chi connectivity index (χ1) is 16.3. The van der Waals surface area contributed by atoms with Gasteiger partial charge in [0.05, 0.1) is 27.3 Å². The lowest BCUT2D eigenvalue weighted by Crippen LogP contribution is -2.30. The van der Waals surface area contributed by atoms with Gasteiger partial charge in [-0.1, -0.05) is 23.2 Å². The molecule has 0 bridgehead atoms. The first kappa shape index (κ1) is 23.2. The molecule has 34 heavy (non-hydrogen) atoms. The van der Waals surface area contributed by atoms with E-state index in [0.717, 1.165) is 15.8 Å². The zero-order valence-corrected chi connectivity index (χ0v) is 20.3. The fourth-order valence-electron chi connectivity index (χ4n) is 4.28. The second-order valence-corrected chi connectivity index (χ2v) is 9.96. The van der Waals surface area contributed by atoms with E-state index in [1.807, 2.05) is 6.07 Å². The minimum Gasteiger partial charge on any atom is -0.493 e. The van der Waals surface area contributed by atoms with Crippen molar-refractivity contribution in [3.8, 4) is 16.9 Å². The number of aliphatic hydroxyl groups excluding tert-OH is 1. The third-order valence-corrected chi connectivity index (χ3v) is 7.45. The second kappa shape index (κ2) is 9.24. The Morgan fingerprint density at radius 1 is 1.24 bits per heavy atom. The third kappa shape index (κ3) is 4.30. The van der Waals surface area contributed by atoms with Crippen molar-refractivity contribution in [2.24, 2.45) is 0 Å². The molecule has 0 fully saturated rings. The number of halogens is 3. The maximum absolute atomic E-state index is 13.9. The molecule has 0 spiro atoms. The molecule has 1 unspecified atom stereocenters.